The summed E-state index contributed by atoms with van der Waals surface area (Å²) in [5, 5.41) is 8.51. The maximum Gasteiger partial charge on any atom is 0.303 e. The monoisotopic (exact) mass is 330 g/mol. The molecule has 0 rings (SSSR count). The minimum absolute atomic E-state index is 0.0453. The summed E-state index contributed by atoms with van der Waals surface area (Å²) in [5.41, 5.74) is 0. The predicted octanol–water partition coefficient (Wildman–Crippen LogP) is 3.38. The summed E-state index contributed by atoms with van der Waals surface area (Å²) in [7, 11) is 1.58. The molecular formula is C20H26O4. The van der Waals surface area contributed by atoms with E-state index < -0.39 is 5.97 Å². The van der Waals surface area contributed by atoms with Crippen LogP contribution in [0.5, 0.6) is 0 Å². The van der Waals surface area contributed by atoms with E-state index in [1.165, 1.54) is 0 Å². The van der Waals surface area contributed by atoms with Crippen LogP contribution in [-0.2, 0) is 14.3 Å². The van der Waals surface area contributed by atoms with Gasteiger partial charge in [0.1, 0.15) is 6.79 Å². The largest absolute Gasteiger partial charge is 0.481 e. The zero-order chi connectivity index (χ0) is 17.9. The van der Waals surface area contributed by atoms with Crippen molar-refractivity contribution in [1.82, 2.24) is 0 Å². The molecule has 0 fully saturated rings. The van der Waals surface area contributed by atoms with E-state index in [1.54, 1.807) is 13.2 Å². The standard InChI is InChI=1S/C20H26O4/c1-19(24-18-23-2)16-14-12-10-8-6-4-3-5-7-9-11-13-15-17-20(21)22/h14,16,19H,5,7,9,11,13,15,17-18H2,1-2H3,(H,21,22)/b16-14+/t19-/m0/s1. The number of rotatable bonds is 11. The maximum atomic E-state index is 10.3. The third kappa shape index (κ3) is 17.9. The van der Waals surface area contributed by atoms with Crippen molar-refractivity contribution < 1.29 is 19.4 Å². The predicted molar refractivity (Wildman–Crippen MR) is 94.8 cm³/mol. The van der Waals surface area contributed by atoms with Crippen LogP contribution in [0.1, 0.15) is 51.9 Å². The lowest BCUT2D eigenvalue weighted by Gasteiger charge is -2.05. The van der Waals surface area contributed by atoms with Crippen molar-refractivity contribution in [2.24, 2.45) is 0 Å². The summed E-state index contributed by atoms with van der Waals surface area (Å²) in [6.45, 7) is 2.16. The van der Waals surface area contributed by atoms with Gasteiger partial charge in [-0.2, -0.15) is 0 Å². The second-order valence-corrected chi connectivity index (χ2v) is 5.12. The maximum absolute atomic E-state index is 10.3. The van der Waals surface area contributed by atoms with Gasteiger partial charge < -0.3 is 14.6 Å². The average Bonchev–Trinajstić information content (AvgIpc) is 2.56. The Bertz CT molecular complexity index is 543. The Labute approximate surface area is 145 Å². The SMILES string of the molecule is COCO[C@@H](C)/C=C/C#CC#CC#CCCCCCCCC(=O)O. The molecular weight excluding hydrogens is 304 g/mol. The minimum Gasteiger partial charge on any atom is -0.481 e. The molecule has 0 bridgehead atoms. The number of ether oxygens (including phenoxy) is 2. The van der Waals surface area contributed by atoms with E-state index >= 15 is 0 Å². The van der Waals surface area contributed by atoms with Crippen LogP contribution in [0.15, 0.2) is 12.2 Å². The summed E-state index contributed by atoms with van der Waals surface area (Å²) in [5.74, 6) is 15.9. The van der Waals surface area contributed by atoms with Crippen LogP contribution < -0.4 is 0 Å². The zero-order valence-corrected chi connectivity index (χ0v) is 14.6. The van der Waals surface area contributed by atoms with E-state index in [4.69, 9.17) is 14.6 Å². The van der Waals surface area contributed by atoms with Crippen LogP contribution in [0, 0.1) is 35.5 Å². The average molecular weight is 330 g/mol. The van der Waals surface area contributed by atoms with Gasteiger partial charge in [-0.15, -0.1) is 0 Å². The van der Waals surface area contributed by atoms with Gasteiger partial charge in [0.05, 0.1) is 6.10 Å². The second-order valence-electron chi connectivity index (χ2n) is 5.12. The fourth-order valence-electron chi connectivity index (χ4n) is 1.68. The van der Waals surface area contributed by atoms with E-state index in [1.807, 2.05) is 13.0 Å². The molecule has 0 saturated carbocycles. The molecule has 0 saturated heterocycles. The Morgan fingerprint density at radius 3 is 2.54 bits per heavy atom. The fourth-order valence-corrected chi connectivity index (χ4v) is 1.68. The molecule has 0 aliphatic rings. The van der Waals surface area contributed by atoms with Gasteiger partial charge in [0.15, 0.2) is 0 Å². The minimum atomic E-state index is -0.716. The van der Waals surface area contributed by atoms with Gasteiger partial charge in [0, 0.05) is 20.0 Å². The van der Waals surface area contributed by atoms with Crippen LogP contribution in [0.4, 0.5) is 0 Å². The number of hydrogen-bond acceptors (Lipinski definition) is 3. The molecule has 0 amide bonds. The summed E-state index contributed by atoms with van der Waals surface area (Å²) in [4.78, 5) is 10.3. The molecule has 4 heteroatoms. The van der Waals surface area contributed by atoms with E-state index in [-0.39, 0.29) is 19.3 Å². The van der Waals surface area contributed by atoms with Crippen LogP contribution in [0.25, 0.3) is 0 Å². The first-order valence-electron chi connectivity index (χ1n) is 8.14. The first kappa shape index (κ1) is 21.8. The fraction of sp³-hybridized carbons (Fsp3) is 0.550. The van der Waals surface area contributed by atoms with Crippen molar-refractivity contribution in [2.75, 3.05) is 13.9 Å². The summed E-state index contributed by atoms with van der Waals surface area (Å²) in [6, 6.07) is 0. The molecule has 4 nitrogen and oxygen atoms in total. The Balaban J connectivity index is 3.67. The molecule has 1 N–H and O–H groups in total. The van der Waals surface area contributed by atoms with Crippen LogP contribution in [0.2, 0.25) is 0 Å². The Morgan fingerprint density at radius 2 is 1.79 bits per heavy atom. The molecule has 0 aromatic carbocycles. The van der Waals surface area contributed by atoms with Gasteiger partial charge in [-0.05, 0) is 55.6 Å². The van der Waals surface area contributed by atoms with E-state index in [2.05, 4.69) is 35.5 Å². The first-order chi connectivity index (χ1) is 11.7. The Morgan fingerprint density at radius 1 is 1.08 bits per heavy atom. The highest BCUT2D eigenvalue weighted by atomic mass is 16.7. The number of carboxylic acid groups (broad SMARTS) is 1. The quantitative estimate of drug-likeness (QED) is 0.358. The smallest absolute Gasteiger partial charge is 0.303 e. The molecule has 130 valence electrons. The van der Waals surface area contributed by atoms with Gasteiger partial charge >= 0.3 is 5.97 Å². The van der Waals surface area contributed by atoms with Gasteiger partial charge in [0.25, 0.3) is 0 Å². The van der Waals surface area contributed by atoms with Crippen molar-refractivity contribution in [1.29, 1.82) is 0 Å². The van der Waals surface area contributed by atoms with Crippen LogP contribution in [-0.4, -0.2) is 31.1 Å². The Kier molecular flexibility index (Phi) is 15.6. The van der Waals surface area contributed by atoms with Gasteiger partial charge in [0.2, 0.25) is 0 Å². The summed E-state index contributed by atoms with van der Waals surface area (Å²) < 4.78 is 10.0. The summed E-state index contributed by atoms with van der Waals surface area (Å²) >= 11 is 0. The second kappa shape index (κ2) is 17.2. The van der Waals surface area contributed by atoms with Gasteiger partial charge in [-0.3, -0.25) is 4.79 Å². The molecule has 1 atom stereocenters. The molecule has 0 unspecified atom stereocenters. The number of allylic oxidation sites excluding steroid dienone is 1. The Hall–Kier alpha value is -2.19. The molecule has 0 heterocycles. The molecule has 0 spiro atoms. The van der Waals surface area contributed by atoms with Gasteiger partial charge in [-0.1, -0.05) is 31.1 Å². The van der Waals surface area contributed by atoms with Crippen molar-refractivity contribution in [3.05, 3.63) is 12.2 Å². The number of methoxy groups -OCH3 is 1. The topological polar surface area (TPSA) is 55.8 Å². The number of hydrogen-bond donors (Lipinski definition) is 1. The highest BCUT2D eigenvalue weighted by Crippen LogP contribution is 2.06. The van der Waals surface area contributed by atoms with E-state index in [9.17, 15) is 4.79 Å². The highest BCUT2D eigenvalue weighted by Gasteiger charge is 1.95. The van der Waals surface area contributed by atoms with Crippen LogP contribution in [0.3, 0.4) is 0 Å². The molecule has 0 aromatic rings. The number of carbonyl (C=O) groups is 1. The number of unbranched alkanes of at least 4 members (excludes halogenated alkanes) is 5. The van der Waals surface area contributed by atoms with Crippen molar-refractivity contribution >= 4 is 5.97 Å². The normalized spacial score (nSPS) is 10.8. The number of carboxylic acids is 1. The third-order valence-corrected chi connectivity index (χ3v) is 2.94. The molecule has 0 aliphatic heterocycles. The third-order valence-electron chi connectivity index (χ3n) is 2.94. The highest BCUT2D eigenvalue weighted by molar-refractivity contribution is 5.66. The molecule has 0 aromatic heterocycles. The lowest BCUT2D eigenvalue weighted by Crippen LogP contribution is -2.06. The summed E-state index contributed by atoms with van der Waals surface area (Å²) in [6.07, 6.45) is 9.46. The molecule has 0 aliphatic carbocycles. The first-order valence-corrected chi connectivity index (χ1v) is 8.14. The lowest BCUT2D eigenvalue weighted by molar-refractivity contribution is -0.137. The van der Waals surface area contributed by atoms with Crippen LogP contribution >= 0.6 is 0 Å². The zero-order valence-electron chi connectivity index (χ0n) is 14.6. The molecule has 24 heavy (non-hydrogen) atoms. The van der Waals surface area contributed by atoms with E-state index in [0.29, 0.717) is 0 Å². The van der Waals surface area contributed by atoms with Crippen molar-refractivity contribution in [3.63, 3.8) is 0 Å². The lowest BCUT2D eigenvalue weighted by atomic mass is 10.1. The van der Waals surface area contributed by atoms with E-state index in [0.717, 1.165) is 38.5 Å². The van der Waals surface area contributed by atoms with Crippen molar-refractivity contribution in [3.8, 4) is 35.5 Å². The molecule has 0 radical (unpaired) electrons. The number of aliphatic carboxylic acids is 1. The van der Waals surface area contributed by atoms with Gasteiger partial charge in [-0.25, -0.2) is 0 Å². The van der Waals surface area contributed by atoms with Crippen molar-refractivity contribution in [2.45, 2.75) is 58.0 Å².